The van der Waals surface area contributed by atoms with Crippen LogP contribution < -0.4 is 10.6 Å². The molecule has 0 amide bonds. The minimum atomic E-state index is 0.767. The van der Waals surface area contributed by atoms with Crippen molar-refractivity contribution >= 4 is 5.88 Å². The number of nitrogens with two attached hydrogens (primary N) is 1. The number of rotatable bonds is 5. The van der Waals surface area contributed by atoms with Crippen LogP contribution in [0.15, 0.2) is 40.9 Å². The zero-order valence-electron chi connectivity index (χ0n) is 12.2. The van der Waals surface area contributed by atoms with E-state index in [1.54, 1.807) is 0 Å². The molecule has 0 bridgehead atoms. The van der Waals surface area contributed by atoms with Gasteiger partial charge in [0, 0.05) is 37.8 Å². The van der Waals surface area contributed by atoms with E-state index >= 15 is 0 Å². The second kappa shape index (κ2) is 6.74. The summed E-state index contributed by atoms with van der Waals surface area (Å²) in [5.41, 5.74) is 7.55. The lowest BCUT2D eigenvalue weighted by Crippen LogP contribution is -2.46. The van der Waals surface area contributed by atoms with Crippen molar-refractivity contribution in [1.29, 1.82) is 0 Å². The highest BCUT2D eigenvalue weighted by atomic mass is 16.5. The second-order valence-corrected chi connectivity index (χ2v) is 5.39. The monoisotopic (exact) mass is 286 g/mol. The van der Waals surface area contributed by atoms with Crippen LogP contribution in [0.25, 0.3) is 11.3 Å². The molecule has 5 nitrogen and oxygen atoms in total. The van der Waals surface area contributed by atoms with Crippen molar-refractivity contribution in [1.82, 2.24) is 10.1 Å². The third kappa shape index (κ3) is 3.43. The molecule has 2 heterocycles. The Balaban J connectivity index is 1.60. The number of anilines is 1. The Morgan fingerprint density at radius 3 is 2.57 bits per heavy atom. The van der Waals surface area contributed by atoms with Crippen LogP contribution in [-0.2, 0) is 0 Å². The number of benzene rings is 1. The maximum Gasteiger partial charge on any atom is 0.227 e. The first-order valence-electron chi connectivity index (χ1n) is 7.56. The molecule has 1 aliphatic rings. The van der Waals surface area contributed by atoms with Gasteiger partial charge in [0.25, 0.3) is 0 Å². The van der Waals surface area contributed by atoms with Gasteiger partial charge in [0.15, 0.2) is 0 Å². The van der Waals surface area contributed by atoms with E-state index in [0.29, 0.717) is 0 Å². The van der Waals surface area contributed by atoms with Crippen molar-refractivity contribution in [2.45, 2.75) is 6.42 Å². The van der Waals surface area contributed by atoms with Crippen LogP contribution in [0.2, 0.25) is 0 Å². The first-order valence-corrected chi connectivity index (χ1v) is 7.56. The summed E-state index contributed by atoms with van der Waals surface area (Å²) < 4.78 is 5.51. The summed E-state index contributed by atoms with van der Waals surface area (Å²) in [5, 5.41) is 4.18. The van der Waals surface area contributed by atoms with Gasteiger partial charge in [-0.25, -0.2) is 0 Å². The fourth-order valence-corrected chi connectivity index (χ4v) is 2.67. The van der Waals surface area contributed by atoms with Gasteiger partial charge in [0.2, 0.25) is 5.88 Å². The van der Waals surface area contributed by atoms with Gasteiger partial charge in [-0.05, 0) is 19.5 Å². The average molecular weight is 286 g/mol. The highest BCUT2D eigenvalue weighted by molar-refractivity contribution is 5.61. The molecule has 2 N–H and O–H groups in total. The summed E-state index contributed by atoms with van der Waals surface area (Å²) in [5.74, 6) is 0.868. The van der Waals surface area contributed by atoms with Gasteiger partial charge < -0.3 is 15.2 Å². The van der Waals surface area contributed by atoms with Crippen LogP contribution in [0, 0.1) is 0 Å². The molecule has 2 aromatic rings. The summed E-state index contributed by atoms with van der Waals surface area (Å²) in [4.78, 5) is 4.72. The van der Waals surface area contributed by atoms with E-state index < -0.39 is 0 Å². The molecule has 1 fully saturated rings. The van der Waals surface area contributed by atoms with Crippen LogP contribution in [0.3, 0.4) is 0 Å². The molecular formula is C16H22N4O. The molecule has 1 aromatic carbocycles. The molecule has 0 spiro atoms. The number of aromatic nitrogens is 1. The Morgan fingerprint density at radius 2 is 1.86 bits per heavy atom. The second-order valence-electron chi connectivity index (χ2n) is 5.39. The molecule has 21 heavy (non-hydrogen) atoms. The van der Waals surface area contributed by atoms with Gasteiger partial charge in [-0.1, -0.05) is 35.5 Å². The van der Waals surface area contributed by atoms with Gasteiger partial charge in [-0.15, -0.1) is 0 Å². The van der Waals surface area contributed by atoms with E-state index in [2.05, 4.69) is 15.0 Å². The van der Waals surface area contributed by atoms with Crippen LogP contribution in [0.5, 0.6) is 0 Å². The molecule has 1 aliphatic heterocycles. The summed E-state index contributed by atoms with van der Waals surface area (Å²) in [6, 6.07) is 12.2. The Labute approximate surface area is 125 Å². The van der Waals surface area contributed by atoms with Gasteiger partial charge >= 0.3 is 0 Å². The lowest BCUT2D eigenvalue weighted by molar-refractivity contribution is 0.250. The summed E-state index contributed by atoms with van der Waals surface area (Å²) in [6.45, 7) is 5.93. The molecule has 112 valence electrons. The van der Waals surface area contributed by atoms with E-state index in [9.17, 15) is 0 Å². The lowest BCUT2D eigenvalue weighted by atomic mass is 10.1. The summed E-state index contributed by atoms with van der Waals surface area (Å²) in [6.07, 6.45) is 1.07. The summed E-state index contributed by atoms with van der Waals surface area (Å²) >= 11 is 0. The zero-order chi connectivity index (χ0) is 14.5. The van der Waals surface area contributed by atoms with Crippen molar-refractivity contribution in [2.24, 2.45) is 5.73 Å². The minimum absolute atomic E-state index is 0.767. The fourth-order valence-electron chi connectivity index (χ4n) is 2.67. The largest absolute Gasteiger partial charge is 0.338 e. The predicted molar refractivity (Wildman–Crippen MR) is 84.3 cm³/mol. The van der Waals surface area contributed by atoms with E-state index in [1.807, 2.05) is 36.4 Å². The Hall–Kier alpha value is -1.85. The molecule has 5 heteroatoms. The number of piperazine rings is 1. The van der Waals surface area contributed by atoms with Crippen molar-refractivity contribution in [3.05, 3.63) is 36.4 Å². The molecule has 1 aromatic heterocycles. The zero-order valence-corrected chi connectivity index (χ0v) is 12.2. The van der Waals surface area contributed by atoms with Gasteiger partial charge in [-0.3, -0.25) is 4.90 Å². The van der Waals surface area contributed by atoms with Gasteiger partial charge in [0.1, 0.15) is 5.69 Å². The van der Waals surface area contributed by atoms with Crippen LogP contribution >= 0.6 is 0 Å². The Kier molecular flexibility index (Phi) is 4.52. The van der Waals surface area contributed by atoms with E-state index in [4.69, 9.17) is 10.3 Å². The quantitative estimate of drug-likeness (QED) is 0.908. The molecule has 0 radical (unpaired) electrons. The van der Waals surface area contributed by atoms with Crippen molar-refractivity contribution in [2.75, 3.05) is 44.2 Å². The first kappa shape index (κ1) is 14.1. The van der Waals surface area contributed by atoms with Crippen molar-refractivity contribution in [3.63, 3.8) is 0 Å². The van der Waals surface area contributed by atoms with Crippen LogP contribution in [-0.4, -0.2) is 49.3 Å². The average Bonchev–Trinajstić information content (AvgIpc) is 3.04. The number of hydrogen-bond acceptors (Lipinski definition) is 5. The molecule has 1 saturated heterocycles. The van der Waals surface area contributed by atoms with Crippen LogP contribution in [0.1, 0.15) is 6.42 Å². The summed E-state index contributed by atoms with van der Waals surface area (Å²) in [7, 11) is 0. The van der Waals surface area contributed by atoms with E-state index in [0.717, 1.165) is 62.8 Å². The van der Waals surface area contributed by atoms with Gasteiger partial charge in [0.05, 0.1) is 0 Å². The molecule has 0 saturated carbocycles. The molecular weight excluding hydrogens is 264 g/mol. The molecule has 3 rings (SSSR count). The molecule has 0 aliphatic carbocycles. The highest BCUT2D eigenvalue weighted by Gasteiger charge is 2.20. The molecule has 0 atom stereocenters. The third-order valence-corrected chi connectivity index (χ3v) is 3.93. The first-order chi connectivity index (χ1) is 10.4. The smallest absolute Gasteiger partial charge is 0.227 e. The Morgan fingerprint density at radius 1 is 1.10 bits per heavy atom. The van der Waals surface area contributed by atoms with Gasteiger partial charge in [-0.2, -0.15) is 0 Å². The SMILES string of the molecule is NCCCN1CCN(c2cc(-c3ccccc3)no2)CC1. The predicted octanol–water partition coefficient (Wildman–Crippen LogP) is 1.81. The fraction of sp³-hybridized carbons (Fsp3) is 0.438. The topological polar surface area (TPSA) is 58.5 Å². The maximum absolute atomic E-state index is 5.56. The third-order valence-electron chi connectivity index (χ3n) is 3.93. The number of hydrogen-bond donors (Lipinski definition) is 1. The lowest BCUT2D eigenvalue weighted by Gasteiger charge is -2.34. The van der Waals surface area contributed by atoms with E-state index in [-0.39, 0.29) is 0 Å². The maximum atomic E-state index is 5.56. The van der Waals surface area contributed by atoms with Crippen LogP contribution in [0.4, 0.5) is 5.88 Å². The van der Waals surface area contributed by atoms with E-state index in [1.165, 1.54) is 0 Å². The highest BCUT2D eigenvalue weighted by Crippen LogP contribution is 2.24. The van der Waals surface area contributed by atoms with Crippen molar-refractivity contribution < 1.29 is 4.52 Å². The van der Waals surface area contributed by atoms with Crippen molar-refractivity contribution in [3.8, 4) is 11.3 Å². The Bertz CT molecular complexity index is 546. The minimum Gasteiger partial charge on any atom is -0.338 e. The molecule has 0 unspecified atom stereocenters. The number of nitrogens with zero attached hydrogens (tertiary/aromatic N) is 3. The normalized spacial score (nSPS) is 16.3. The standard InChI is InChI=1S/C16H22N4O/c17-7-4-8-19-9-11-20(12-10-19)16-13-15(18-21-16)14-5-2-1-3-6-14/h1-3,5-6,13H,4,7-12,17H2.